The molecular weight excluding hydrogens is 314 g/mol. The van der Waals surface area contributed by atoms with Crippen LogP contribution in [0.2, 0.25) is 0 Å². The molecule has 50 valence electrons. The minimum Gasteiger partial charge on any atom is -0.262 e. The second-order valence-corrected chi connectivity index (χ2v) is 3.15. The predicted molar refractivity (Wildman–Crippen MR) is 50.0 cm³/mol. The topological polar surface area (TPSA) is 12.9 Å². The highest BCUT2D eigenvalue weighted by atomic mass is 79.9. The lowest BCUT2D eigenvalue weighted by Crippen LogP contribution is -1.69. The molecule has 0 aromatic carbocycles. The Labute approximate surface area is 80.9 Å². The molecule has 0 spiro atoms. The van der Waals surface area contributed by atoms with Crippen molar-refractivity contribution in [1.29, 1.82) is 0 Å². The van der Waals surface area contributed by atoms with Gasteiger partial charge in [-0.3, -0.25) is 4.98 Å². The van der Waals surface area contributed by atoms with Crippen molar-refractivity contribution in [3.8, 4) is 0 Å². The molecule has 0 unspecified atom stereocenters. The van der Waals surface area contributed by atoms with E-state index in [2.05, 4.69) is 36.8 Å². The molecule has 0 saturated carbocycles. The average Bonchev–Trinajstić information content (AvgIpc) is 1.64. The molecule has 0 radical (unpaired) electrons. The molecule has 0 N–H and O–H groups in total. The standard InChI is InChI=1S/C5H3Br2N.BrH/c6-4-1-5(7)3-8-2-4;/h1-3H;1H. The van der Waals surface area contributed by atoms with Crippen molar-refractivity contribution in [3.05, 3.63) is 27.4 Å². The van der Waals surface area contributed by atoms with E-state index in [1.54, 1.807) is 12.4 Å². The van der Waals surface area contributed by atoms with Gasteiger partial charge in [0.25, 0.3) is 0 Å². The Bertz CT molecular complexity index is 172. The SMILES string of the molecule is Br.Brc1cncc(Br)c1. The molecule has 0 atom stereocenters. The zero-order valence-electron chi connectivity index (χ0n) is 4.34. The van der Waals surface area contributed by atoms with Gasteiger partial charge in [-0.25, -0.2) is 0 Å². The van der Waals surface area contributed by atoms with Gasteiger partial charge < -0.3 is 0 Å². The van der Waals surface area contributed by atoms with E-state index >= 15 is 0 Å². The average molecular weight is 318 g/mol. The highest BCUT2D eigenvalue weighted by Gasteiger charge is 1.85. The molecule has 0 amide bonds. The van der Waals surface area contributed by atoms with Gasteiger partial charge in [-0.2, -0.15) is 0 Å². The molecule has 0 aliphatic heterocycles. The molecule has 1 heterocycles. The van der Waals surface area contributed by atoms with E-state index in [9.17, 15) is 0 Å². The van der Waals surface area contributed by atoms with Gasteiger partial charge in [-0.15, -0.1) is 17.0 Å². The summed E-state index contributed by atoms with van der Waals surface area (Å²) < 4.78 is 1.98. The summed E-state index contributed by atoms with van der Waals surface area (Å²) in [5, 5.41) is 0. The fourth-order valence-electron chi connectivity index (χ4n) is 0.386. The Morgan fingerprint density at radius 2 is 1.56 bits per heavy atom. The van der Waals surface area contributed by atoms with Crippen LogP contribution in [0.4, 0.5) is 0 Å². The van der Waals surface area contributed by atoms with E-state index < -0.39 is 0 Å². The number of hydrogen-bond acceptors (Lipinski definition) is 1. The predicted octanol–water partition coefficient (Wildman–Crippen LogP) is 3.18. The first-order valence-electron chi connectivity index (χ1n) is 2.05. The summed E-state index contributed by atoms with van der Waals surface area (Å²) >= 11 is 6.54. The van der Waals surface area contributed by atoms with Gasteiger partial charge in [0.15, 0.2) is 0 Å². The summed E-state index contributed by atoms with van der Waals surface area (Å²) in [4.78, 5) is 3.89. The number of aromatic nitrogens is 1. The number of halogens is 3. The third-order valence-corrected chi connectivity index (χ3v) is 1.54. The van der Waals surface area contributed by atoms with Crippen LogP contribution in [0.3, 0.4) is 0 Å². The quantitative estimate of drug-likeness (QED) is 0.716. The van der Waals surface area contributed by atoms with Crippen molar-refractivity contribution in [2.75, 3.05) is 0 Å². The van der Waals surface area contributed by atoms with Crippen molar-refractivity contribution < 1.29 is 0 Å². The van der Waals surface area contributed by atoms with E-state index in [1.165, 1.54) is 0 Å². The molecule has 0 aliphatic rings. The molecule has 1 rings (SSSR count). The zero-order chi connectivity index (χ0) is 5.98. The van der Waals surface area contributed by atoms with Gasteiger partial charge in [-0.05, 0) is 37.9 Å². The lowest BCUT2D eigenvalue weighted by Gasteiger charge is -1.86. The van der Waals surface area contributed by atoms with Gasteiger partial charge in [-0.1, -0.05) is 0 Å². The molecule has 1 nitrogen and oxygen atoms in total. The fourth-order valence-corrected chi connectivity index (χ4v) is 1.42. The molecular formula is C5H4Br3N. The maximum atomic E-state index is 3.89. The summed E-state index contributed by atoms with van der Waals surface area (Å²) in [6.07, 6.45) is 3.48. The normalized spacial score (nSPS) is 8.22. The van der Waals surface area contributed by atoms with Crippen LogP contribution in [0.1, 0.15) is 0 Å². The Morgan fingerprint density at radius 3 is 1.78 bits per heavy atom. The summed E-state index contributed by atoms with van der Waals surface area (Å²) in [5.41, 5.74) is 0. The Hall–Kier alpha value is 0.590. The third kappa shape index (κ3) is 3.33. The summed E-state index contributed by atoms with van der Waals surface area (Å²) in [7, 11) is 0. The highest BCUT2D eigenvalue weighted by molar-refractivity contribution is 9.11. The Kier molecular flexibility index (Phi) is 4.70. The highest BCUT2D eigenvalue weighted by Crippen LogP contribution is 2.13. The second-order valence-electron chi connectivity index (χ2n) is 1.32. The van der Waals surface area contributed by atoms with Crippen LogP contribution in [0.25, 0.3) is 0 Å². The molecule has 0 saturated heterocycles. The minimum atomic E-state index is 0. The zero-order valence-corrected chi connectivity index (χ0v) is 9.23. The van der Waals surface area contributed by atoms with Gasteiger partial charge in [0.1, 0.15) is 0 Å². The monoisotopic (exact) mass is 315 g/mol. The molecule has 0 aliphatic carbocycles. The molecule has 4 heteroatoms. The van der Waals surface area contributed by atoms with Gasteiger partial charge >= 0.3 is 0 Å². The van der Waals surface area contributed by atoms with Gasteiger partial charge in [0.2, 0.25) is 0 Å². The maximum Gasteiger partial charge on any atom is 0.0411 e. The van der Waals surface area contributed by atoms with Crippen LogP contribution in [-0.2, 0) is 0 Å². The van der Waals surface area contributed by atoms with Crippen molar-refractivity contribution in [1.82, 2.24) is 4.98 Å². The van der Waals surface area contributed by atoms with Gasteiger partial charge in [0, 0.05) is 21.3 Å². The minimum absolute atomic E-state index is 0. The number of pyridine rings is 1. The number of nitrogens with zero attached hydrogens (tertiary/aromatic N) is 1. The van der Waals surface area contributed by atoms with Crippen LogP contribution >= 0.6 is 48.8 Å². The first-order valence-corrected chi connectivity index (χ1v) is 3.64. The van der Waals surface area contributed by atoms with Crippen molar-refractivity contribution in [2.45, 2.75) is 0 Å². The lowest BCUT2D eigenvalue weighted by molar-refractivity contribution is 1.29. The second kappa shape index (κ2) is 4.41. The van der Waals surface area contributed by atoms with E-state index in [4.69, 9.17) is 0 Å². The summed E-state index contributed by atoms with van der Waals surface area (Å²) in [5.74, 6) is 0. The van der Waals surface area contributed by atoms with Crippen LogP contribution in [0, 0.1) is 0 Å². The molecule has 0 bridgehead atoms. The fraction of sp³-hybridized carbons (Fsp3) is 0. The van der Waals surface area contributed by atoms with Crippen LogP contribution in [0.15, 0.2) is 27.4 Å². The van der Waals surface area contributed by atoms with Crippen molar-refractivity contribution in [3.63, 3.8) is 0 Å². The van der Waals surface area contributed by atoms with Crippen molar-refractivity contribution in [2.24, 2.45) is 0 Å². The van der Waals surface area contributed by atoms with Crippen LogP contribution in [0.5, 0.6) is 0 Å². The van der Waals surface area contributed by atoms with Crippen LogP contribution in [-0.4, -0.2) is 4.98 Å². The Morgan fingerprint density at radius 1 is 1.11 bits per heavy atom. The number of hydrogen-bond donors (Lipinski definition) is 0. The molecule has 1 aromatic rings. The van der Waals surface area contributed by atoms with E-state index in [0.717, 1.165) is 8.95 Å². The summed E-state index contributed by atoms with van der Waals surface area (Å²) in [6, 6.07) is 1.94. The first-order chi connectivity index (χ1) is 3.79. The largest absolute Gasteiger partial charge is 0.262 e. The summed E-state index contributed by atoms with van der Waals surface area (Å²) in [6.45, 7) is 0. The van der Waals surface area contributed by atoms with Crippen molar-refractivity contribution >= 4 is 48.8 Å². The molecule has 1 aromatic heterocycles. The third-order valence-electron chi connectivity index (χ3n) is 0.672. The smallest absolute Gasteiger partial charge is 0.0411 e. The Balaban J connectivity index is 0.000000640. The van der Waals surface area contributed by atoms with E-state index in [1.807, 2.05) is 6.07 Å². The van der Waals surface area contributed by atoms with Gasteiger partial charge in [0.05, 0.1) is 0 Å². The maximum absolute atomic E-state index is 3.89. The first kappa shape index (κ1) is 9.59. The number of rotatable bonds is 0. The molecule has 0 fully saturated rings. The van der Waals surface area contributed by atoms with E-state index in [-0.39, 0.29) is 17.0 Å². The molecule has 9 heavy (non-hydrogen) atoms. The van der Waals surface area contributed by atoms with E-state index in [0.29, 0.717) is 0 Å². The lowest BCUT2D eigenvalue weighted by atomic mass is 10.5. The van der Waals surface area contributed by atoms with Crippen LogP contribution < -0.4 is 0 Å².